The van der Waals surface area contributed by atoms with Crippen LogP contribution in [0.2, 0.25) is 0 Å². The van der Waals surface area contributed by atoms with Crippen LogP contribution in [0.15, 0.2) is 53.1 Å². The van der Waals surface area contributed by atoms with Gasteiger partial charge in [0.25, 0.3) is 0 Å². The van der Waals surface area contributed by atoms with E-state index in [-0.39, 0.29) is 5.92 Å². The lowest BCUT2D eigenvalue weighted by Gasteiger charge is -2.15. The number of nitrogens with zero attached hydrogens (tertiary/aromatic N) is 3. The smallest absolute Gasteiger partial charge is 0.231 e. The molecule has 128 valence electrons. The lowest BCUT2D eigenvalue weighted by molar-refractivity contribution is 0.308. The molecule has 0 spiro atoms. The van der Waals surface area contributed by atoms with Gasteiger partial charge in [0.05, 0.1) is 5.92 Å². The van der Waals surface area contributed by atoms with Gasteiger partial charge < -0.3 is 4.52 Å². The zero-order valence-corrected chi connectivity index (χ0v) is 13.5. The van der Waals surface area contributed by atoms with Gasteiger partial charge in [0.2, 0.25) is 11.7 Å². The van der Waals surface area contributed by atoms with Crippen LogP contribution in [0.25, 0.3) is 11.4 Å². The van der Waals surface area contributed by atoms with Crippen molar-refractivity contribution >= 4 is 0 Å². The number of benzene rings is 2. The third-order valence-corrected chi connectivity index (χ3v) is 4.49. The molecule has 6 heteroatoms. The number of likely N-dealkylation sites (tertiary alicyclic amines) is 1. The van der Waals surface area contributed by atoms with Crippen LogP contribution in [0.5, 0.6) is 0 Å². The van der Waals surface area contributed by atoms with Crippen LogP contribution in [0.3, 0.4) is 0 Å². The molecule has 4 rings (SSSR count). The Morgan fingerprint density at radius 3 is 2.72 bits per heavy atom. The fourth-order valence-electron chi connectivity index (χ4n) is 3.18. The number of aromatic nitrogens is 2. The second kappa shape index (κ2) is 6.72. The maximum atomic E-state index is 13.3. The van der Waals surface area contributed by atoms with Crippen molar-refractivity contribution in [1.29, 1.82) is 0 Å². The summed E-state index contributed by atoms with van der Waals surface area (Å²) >= 11 is 0. The van der Waals surface area contributed by atoms with Crippen molar-refractivity contribution in [3.05, 3.63) is 71.6 Å². The Kier molecular flexibility index (Phi) is 4.28. The number of rotatable bonds is 4. The molecular formula is C19H17F2N3O. The van der Waals surface area contributed by atoms with E-state index in [1.54, 1.807) is 6.07 Å². The summed E-state index contributed by atoms with van der Waals surface area (Å²) in [5.74, 6) is -0.239. The van der Waals surface area contributed by atoms with Gasteiger partial charge in [0.1, 0.15) is 0 Å². The van der Waals surface area contributed by atoms with Gasteiger partial charge in [-0.3, -0.25) is 4.90 Å². The SMILES string of the molecule is Fc1ccc(CN2CC[C@H](c3nc(-c4ccccc4)no3)C2)cc1F. The van der Waals surface area contributed by atoms with E-state index in [0.29, 0.717) is 18.3 Å². The molecule has 0 aliphatic carbocycles. The normalized spacial score (nSPS) is 17.9. The standard InChI is InChI=1S/C19H17F2N3O/c20-16-7-6-13(10-17(16)21)11-24-9-8-15(12-24)19-22-18(23-25-19)14-4-2-1-3-5-14/h1-7,10,15H,8-9,11-12H2/t15-/m0/s1. The van der Waals surface area contributed by atoms with Crippen molar-refractivity contribution in [3.63, 3.8) is 0 Å². The summed E-state index contributed by atoms with van der Waals surface area (Å²) in [6, 6.07) is 13.7. The predicted molar refractivity (Wildman–Crippen MR) is 88.7 cm³/mol. The minimum Gasteiger partial charge on any atom is -0.339 e. The molecule has 1 saturated heterocycles. The van der Waals surface area contributed by atoms with Crippen molar-refractivity contribution in [3.8, 4) is 11.4 Å². The summed E-state index contributed by atoms with van der Waals surface area (Å²) in [6.07, 6.45) is 0.903. The second-order valence-corrected chi connectivity index (χ2v) is 6.29. The van der Waals surface area contributed by atoms with Crippen LogP contribution < -0.4 is 0 Å². The molecule has 2 heterocycles. The van der Waals surface area contributed by atoms with Crippen LogP contribution >= 0.6 is 0 Å². The summed E-state index contributed by atoms with van der Waals surface area (Å²) in [6.45, 7) is 2.19. The molecule has 3 aromatic rings. The van der Waals surface area contributed by atoms with Gasteiger partial charge in [-0.2, -0.15) is 4.98 Å². The van der Waals surface area contributed by atoms with E-state index in [1.807, 2.05) is 30.3 Å². The monoisotopic (exact) mass is 341 g/mol. The zero-order valence-electron chi connectivity index (χ0n) is 13.5. The minimum atomic E-state index is -0.817. The third-order valence-electron chi connectivity index (χ3n) is 4.49. The van der Waals surface area contributed by atoms with Gasteiger partial charge in [0.15, 0.2) is 11.6 Å². The van der Waals surface area contributed by atoms with Crippen LogP contribution in [-0.4, -0.2) is 28.1 Å². The number of hydrogen-bond donors (Lipinski definition) is 0. The Morgan fingerprint density at radius 1 is 1.08 bits per heavy atom. The van der Waals surface area contributed by atoms with Gasteiger partial charge in [-0.15, -0.1) is 0 Å². The van der Waals surface area contributed by atoms with Crippen LogP contribution in [0, 0.1) is 11.6 Å². The molecule has 1 atom stereocenters. The van der Waals surface area contributed by atoms with Gasteiger partial charge in [-0.05, 0) is 30.7 Å². The van der Waals surface area contributed by atoms with Crippen LogP contribution in [-0.2, 0) is 6.54 Å². The Bertz CT molecular complexity index is 866. The van der Waals surface area contributed by atoms with Crippen molar-refractivity contribution in [1.82, 2.24) is 15.0 Å². The van der Waals surface area contributed by atoms with Crippen LogP contribution in [0.4, 0.5) is 8.78 Å². The molecule has 0 radical (unpaired) electrons. The first-order valence-corrected chi connectivity index (χ1v) is 8.24. The predicted octanol–water partition coefficient (Wildman–Crippen LogP) is 4.00. The van der Waals surface area contributed by atoms with E-state index in [0.717, 1.165) is 30.6 Å². The Hall–Kier alpha value is -2.60. The van der Waals surface area contributed by atoms with Crippen molar-refractivity contribution in [2.45, 2.75) is 18.9 Å². The molecule has 0 bridgehead atoms. The van der Waals surface area contributed by atoms with Crippen molar-refractivity contribution < 1.29 is 13.3 Å². The zero-order chi connectivity index (χ0) is 17.2. The molecule has 25 heavy (non-hydrogen) atoms. The molecular weight excluding hydrogens is 324 g/mol. The summed E-state index contributed by atoms with van der Waals surface area (Å²) in [5.41, 5.74) is 1.68. The van der Waals surface area contributed by atoms with Gasteiger partial charge in [-0.25, -0.2) is 8.78 Å². The van der Waals surface area contributed by atoms with E-state index >= 15 is 0 Å². The highest BCUT2D eigenvalue weighted by Crippen LogP contribution is 2.28. The van der Waals surface area contributed by atoms with E-state index in [2.05, 4.69) is 15.0 Å². The summed E-state index contributed by atoms with van der Waals surface area (Å²) in [5, 5.41) is 4.07. The van der Waals surface area contributed by atoms with Crippen molar-refractivity contribution in [2.24, 2.45) is 0 Å². The molecule has 0 saturated carbocycles. The highest BCUT2D eigenvalue weighted by Gasteiger charge is 2.28. The fraction of sp³-hybridized carbons (Fsp3) is 0.263. The Balaban J connectivity index is 1.42. The topological polar surface area (TPSA) is 42.2 Å². The maximum absolute atomic E-state index is 13.3. The summed E-state index contributed by atoms with van der Waals surface area (Å²) < 4.78 is 31.8. The van der Waals surface area contributed by atoms with E-state index in [1.165, 1.54) is 12.1 Å². The molecule has 0 unspecified atom stereocenters. The first kappa shape index (κ1) is 15.9. The van der Waals surface area contributed by atoms with E-state index < -0.39 is 11.6 Å². The molecule has 1 aromatic heterocycles. The van der Waals surface area contributed by atoms with Gasteiger partial charge in [-0.1, -0.05) is 41.6 Å². The highest BCUT2D eigenvalue weighted by molar-refractivity contribution is 5.53. The molecule has 2 aromatic carbocycles. The second-order valence-electron chi connectivity index (χ2n) is 6.29. The van der Waals surface area contributed by atoms with Crippen molar-refractivity contribution in [2.75, 3.05) is 13.1 Å². The summed E-state index contributed by atoms with van der Waals surface area (Å²) in [7, 11) is 0. The molecule has 1 aliphatic rings. The maximum Gasteiger partial charge on any atom is 0.231 e. The molecule has 0 amide bonds. The molecule has 1 fully saturated rings. The average Bonchev–Trinajstić information content (AvgIpc) is 3.28. The van der Waals surface area contributed by atoms with E-state index in [9.17, 15) is 8.78 Å². The summed E-state index contributed by atoms with van der Waals surface area (Å²) in [4.78, 5) is 6.70. The Morgan fingerprint density at radius 2 is 1.92 bits per heavy atom. The lowest BCUT2D eigenvalue weighted by Crippen LogP contribution is -2.20. The minimum absolute atomic E-state index is 0.162. The third kappa shape index (κ3) is 3.44. The lowest BCUT2D eigenvalue weighted by atomic mass is 10.1. The molecule has 0 N–H and O–H groups in total. The number of halogens is 2. The average molecular weight is 341 g/mol. The van der Waals surface area contributed by atoms with Gasteiger partial charge >= 0.3 is 0 Å². The first-order valence-electron chi connectivity index (χ1n) is 8.24. The Labute approximate surface area is 144 Å². The number of hydrogen-bond acceptors (Lipinski definition) is 4. The van der Waals surface area contributed by atoms with E-state index in [4.69, 9.17) is 4.52 Å². The van der Waals surface area contributed by atoms with Gasteiger partial charge in [0, 0.05) is 18.7 Å². The highest BCUT2D eigenvalue weighted by atomic mass is 19.2. The quantitative estimate of drug-likeness (QED) is 0.719. The largest absolute Gasteiger partial charge is 0.339 e. The molecule has 1 aliphatic heterocycles. The first-order chi connectivity index (χ1) is 12.2. The molecule has 4 nitrogen and oxygen atoms in total. The fourth-order valence-corrected chi connectivity index (χ4v) is 3.18. The van der Waals surface area contributed by atoms with Crippen LogP contribution in [0.1, 0.15) is 23.8 Å².